The van der Waals surface area contributed by atoms with Gasteiger partial charge in [-0.2, -0.15) is 0 Å². The number of likely N-dealkylation sites (tertiary alicyclic amines) is 1. The normalized spacial score (nSPS) is 28.7. The van der Waals surface area contributed by atoms with Gasteiger partial charge in [-0.15, -0.1) is 0 Å². The molecule has 4 aliphatic heterocycles. The van der Waals surface area contributed by atoms with E-state index >= 15 is 4.11 Å². The second-order valence-corrected chi connectivity index (χ2v) is 17.5. The first-order chi connectivity index (χ1) is 22.3. The van der Waals surface area contributed by atoms with Crippen molar-refractivity contribution in [2.45, 2.75) is 88.0 Å². The monoisotopic (exact) mass is 667 g/mol. The van der Waals surface area contributed by atoms with Gasteiger partial charge in [0.1, 0.15) is 0 Å². The number of rotatable bonds is 9. The van der Waals surface area contributed by atoms with E-state index in [0.717, 1.165) is 25.8 Å². The van der Waals surface area contributed by atoms with E-state index in [1.165, 1.54) is 36.2 Å². The molecule has 12 nitrogen and oxygen atoms in total. The molecule has 1 spiro atoms. The Morgan fingerprint density at radius 2 is 2.00 bits per heavy atom. The summed E-state index contributed by atoms with van der Waals surface area (Å²) < 4.78 is 22.9. The lowest BCUT2D eigenvalue weighted by molar-refractivity contribution is -0.385. The van der Waals surface area contributed by atoms with Crippen LogP contribution in [0, 0.1) is 16.0 Å². The maximum atomic E-state index is 16.2. The molecular formula is C33H42FN5O7Si. The SMILES string of the molecule is C[C@@H]1[C@@H]([Si](C)(C)F)[C@H](CC(=O)N2CCC[C@H]2CO)O[C@@]12C(=O)N(Cc1cccc(NC(=O)[C@H]3CCCN3)c1)c1ccc([N+](=O)[O-])cc12. The smallest absolute Gasteiger partial charge is 0.269 e. The highest BCUT2D eigenvalue weighted by Gasteiger charge is 2.67. The first kappa shape index (κ1) is 33.2. The van der Waals surface area contributed by atoms with Crippen LogP contribution in [0.15, 0.2) is 42.5 Å². The summed E-state index contributed by atoms with van der Waals surface area (Å²) in [4.78, 5) is 55.4. The van der Waals surface area contributed by atoms with Gasteiger partial charge in [0.2, 0.25) is 20.2 Å². The zero-order valence-electron chi connectivity index (χ0n) is 26.9. The van der Waals surface area contributed by atoms with Crippen molar-refractivity contribution >= 4 is 43.2 Å². The molecule has 4 aliphatic rings. The number of fused-ring (bicyclic) bond motifs is 2. The van der Waals surface area contributed by atoms with Crippen LogP contribution in [0.3, 0.4) is 0 Å². The molecule has 3 saturated heterocycles. The number of halogens is 1. The Morgan fingerprint density at radius 3 is 2.68 bits per heavy atom. The fraction of sp³-hybridized carbons (Fsp3) is 0.545. The van der Waals surface area contributed by atoms with Crippen LogP contribution in [0.1, 0.15) is 50.2 Å². The highest BCUT2D eigenvalue weighted by molar-refractivity contribution is 6.72. The molecule has 2 aromatic rings. The van der Waals surface area contributed by atoms with Crippen molar-refractivity contribution in [3.63, 3.8) is 0 Å². The molecule has 0 saturated carbocycles. The number of aliphatic hydroxyl groups excluding tert-OH is 1. The lowest BCUT2D eigenvalue weighted by Crippen LogP contribution is -2.45. The van der Waals surface area contributed by atoms with E-state index in [1.807, 2.05) is 6.07 Å². The number of nitro groups is 1. The molecule has 47 heavy (non-hydrogen) atoms. The number of amides is 3. The van der Waals surface area contributed by atoms with Gasteiger partial charge in [-0.25, -0.2) is 0 Å². The van der Waals surface area contributed by atoms with Crippen LogP contribution in [0.2, 0.25) is 18.6 Å². The fourth-order valence-electron chi connectivity index (χ4n) is 8.22. The van der Waals surface area contributed by atoms with Crippen molar-refractivity contribution in [1.29, 1.82) is 0 Å². The number of benzene rings is 2. The molecule has 0 unspecified atom stereocenters. The third kappa shape index (κ3) is 5.96. The van der Waals surface area contributed by atoms with Crippen molar-refractivity contribution in [1.82, 2.24) is 10.2 Å². The Bertz CT molecular complexity index is 1580. The summed E-state index contributed by atoms with van der Waals surface area (Å²) in [7, 11) is -3.59. The number of aliphatic hydroxyl groups is 1. The summed E-state index contributed by atoms with van der Waals surface area (Å²) in [6.07, 6.45) is 2.00. The third-order valence-corrected chi connectivity index (χ3v) is 12.8. The van der Waals surface area contributed by atoms with Gasteiger partial charge >= 0.3 is 0 Å². The molecule has 0 aromatic heterocycles. The highest BCUT2D eigenvalue weighted by Crippen LogP contribution is 2.60. The highest BCUT2D eigenvalue weighted by atomic mass is 28.4. The quantitative estimate of drug-likeness (QED) is 0.157. The van der Waals surface area contributed by atoms with Gasteiger partial charge in [0.25, 0.3) is 11.6 Å². The topological polar surface area (TPSA) is 154 Å². The Balaban J connectivity index is 1.34. The molecule has 252 valence electrons. The zero-order chi connectivity index (χ0) is 33.7. The van der Waals surface area contributed by atoms with Crippen LogP contribution in [-0.2, 0) is 31.3 Å². The molecule has 6 rings (SSSR count). The fourth-order valence-corrected chi connectivity index (χ4v) is 10.7. The molecule has 2 aromatic carbocycles. The average molecular weight is 668 g/mol. The van der Waals surface area contributed by atoms with Gasteiger partial charge in [-0.05, 0) is 69.1 Å². The largest absolute Gasteiger partial charge is 0.394 e. The Labute approximate surface area is 274 Å². The molecule has 0 aliphatic carbocycles. The number of nitrogens with zero attached hydrogens (tertiary/aromatic N) is 3. The molecule has 3 amide bonds. The summed E-state index contributed by atoms with van der Waals surface area (Å²) in [5, 5.41) is 27.8. The van der Waals surface area contributed by atoms with Crippen LogP contribution < -0.4 is 15.5 Å². The number of carbonyl (C=O) groups excluding carboxylic acids is 3. The number of nitrogens with one attached hydrogen (secondary N) is 2. The van der Waals surface area contributed by atoms with Crippen LogP contribution in [0.25, 0.3) is 0 Å². The number of ether oxygens (including phenoxy) is 1. The number of anilines is 2. The first-order valence-electron chi connectivity index (χ1n) is 16.4. The van der Waals surface area contributed by atoms with E-state index in [-0.39, 0.29) is 54.7 Å². The van der Waals surface area contributed by atoms with Crippen LogP contribution in [0.4, 0.5) is 21.2 Å². The van der Waals surface area contributed by atoms with Gasteiger partial charge in [0.15, 0.2) is 5.60 Å². The van der Waals surface area contributed by atoms with Crippen molar-refractivity contribution in [3.05, 3.63) is 63.7 Å². The minimum Gasteiger partial charge on any atom is -0.394 e. The van der Waals surface area contributed by atoms with E-state index in [2.05, 4.69) is 10.6 Å². The van der Waals surface area contributed by atoms with E-state index in [9.17, 15) is 29.6 Å². The Kier molecular flexibility index (Phi) is 8.98. The van der Waals surface area contributed by atoms with E-state index < -0.39 is 42.4 Å². The number of hydrogen-bond donors (Lipinski definition) is 3. The minimum atomic E-state index is -3.59. The first-order valence-corrected chi connectivity index (χ1v) is 19.3. The van der Waals surface area contributed by atoms with Crippen LogP contribution in [-0.4, -0.2) is 78.9 Å². The standard InChI is InChI=1S/C33H42FN5O7Si/c1-20-30(47(2,3)34)28(17-29(41)37-14-6-9-24(37)19-40)46-33(20)25-16-23(39(44)45)11-12-27(25)38(32(33)43)18-21-7-4-8-22(15-21)36-31(42)26-10-5-13-35-26/h4,7-8,11-12,15-16,20,24,26,28,30,35,40H,5-6,9-10,13-14,17-19H2,1-3H3,(H,36,42)/t20-,24+,26-,28+,30-,33+/m1/s1. The maximum Gasteiger partial charge on any atom is 0.269 e. The van der Waals surface area contributed by atoms with E-state index in [1.54, 1.807) is 30.0 Å². The van der Waals surface area contributed by atoms with Crippen LogP contribution >= 0.6 is 0 Å². The summed E-state index contributed by atoms with van der Waals surface area (Å²) in [6.45, 7) is 5.99. The number of nitro benzene ring substituents is 1. The minimum absolute atomic E-state index is 0.0729. The van der Waals surface area contributed by atoms with Crippen molar-refractivity contribution < 1.29 is 33.3 Å². The van der Waals surface area contributed by atoms with Gasteiger partial charge in [-0.1, -0.05) is 19.1 Å². The summed E-state index contributed by atoms with van der Waals surface area (Å²) >= 11 is 0. The predicted octanol–water partition coefficient (Wildman–Crippen LogP) is 3.98. The lowest BCUT2D eigenvalue weighted by atomic mass is 9.82. The summed E-state index contributed by atoms with van der Waals surface area (Å²) in [5.41, 5.74) is -0.752. The second kappa shape index (κ2) is 12.7. The number of hydrogen-bond acceptors (Lipinski definition) is 8. The molecule has 6 atom stereocenters. The molecule has 3 N–H and O–H groups in total. The summed E-state index contributed by atoms with van der Waals surface area (Å²) in [6, 6.07) is 10.8. The van der Waals surface area contributed by atoms with Gasteiger partial charge in [0.05, 0.1) is 48.4 Å². The zero-order valence-corrected chi connectivity index (χ0v) is 27.9. The molecule has 0 radical (unpaired) electrons. The van der Waals surface area contributed by atoms with E-state index in [0.29, 0.717) is 29.9 Å². The third-order valence-electron chi connectivity index (χ3n) is 10.4. The van der Waals surface area contributed by atoms with Gasteiger partial charge in [0, 0.05) is 41.4 Å². The van der Waals surface area contributed by atoms with E-state index in [4.69, 9.17) is 4.74 Å². The van der Waals surface area contributed by atoms with Crippen molar-refractivity contribution in [2.24, 2.45) is 5.92 Å². The van der Waals surface area contributed by atoms with Gasteiger partial charge in [-0.3, -0.25) is 24.5 Å². The molecule has 14 heteroatoms. The van der Waals surface area contributed by atoms with Crippen molar-refractivity contribution in [3.8, 4) is 0 Å². The molecular weight excluding hydrogens is 625 g/mol. The Hall–Kier alpha value is -3.72. The Morgan fingerprint density at radius 1 is 1.21 bits per heavy atom. The molecule has 0 bridgehead atoms. The summed E-state index contributed by atoms with van der Waals surface area (Å²) in [5.74, 6) is -1.61. The lowest BCUT2D eigenvalue weighted by Gasteiger charge is -2.31. The predicted molar refractivity (Wildman–Crippen MR) is 175 cm³/mol. The number of non-ortho nitro benzene ring substituents is 1. The van der Waals surface area contributed by atoms with Gasteiger partial charge < -0.3 is 34.4 Å². The second-order valence-electron chi connectivity index (χ2n) is 13.7. The molecule has 3 fully saturated rings. The maximum absolute atomic E-state index is 16.2. The van der Waals surface area contributed by atoms with Crippen LogP contribution in [0.5, 0.6) is 0 Å². The van der Waals surface area contributed by atoms with Crippen molar-refractivity contribution in [2.75, 3.05) is 29.9 Å². The number of carbonyl (C=O) groups is 3. The molecule has 4 heterocycles. The average Bonchev–Trinajstić information content (AvgIpc) is 3.81.